The van der Waals surface area contributed by atoms with E-state index >= 15 is 0 Å². The summed E-state index contributed by atoms with van der Waals surface area (Å²) in [5.41, 5.74) is 0.125. The van der Waals surface area contributed by atoms with Crippen LogP contribution in [0.25, 0.3) is 11.7 Å². The molecule has 2 aromatic heterocycles. The lowest BCUT2D eigenvalue weighted by Gasteiger charge is -2.18. The molecule has 9 nitrogen and oxygen atoms in total. The van der Waals surface area contributed by atoms with Crippen molar-refractivity contribution in [2.75, 3.05) is 13.1 Å². The molecule has 1 aliphatic heterocycles. The zero-order valence-corrected chi connectivity index (χ0v) is 19.2. The van der Waals surface area contributed by atoms with Gasteiger partial charge in [-0.05, 0) is 31.8 Å². The SMILES string of the molecule is Cc1nn2c(O)c(C(=O)NC3CC3)c(=O)n(CC(C)C)c2c1/C=C/C(=O)N1CC2C(C1)C2(F)F. The summed E-state index contributed by atoms with van der Waals surface area (Å²) in [7, 11) is 0. The standard InChI is InChI=1S/C23H27F2N5O4/c1-11(2)8-29-20-14(6-7-17(31)28-9-15-16(10-28)23(15,24)25)12(3)27-30(20)22(34)18(21(29)33)19(32)26-13-4-5-13/h6-7,11,13,15-16,34H,4-5,8-10H2,1-3H3,(H,26,32)/b7-6+. The van der Waals surface area contributed by atoms with Crippen LogP contribution >= 0.6 is 0 Å². The first kappa shape index (κ1) is 22.5. The van der Waals surface area contributed by atoms with Gasteiger partial charge in [-0.15, -0.1) is 0 Å². The van der Waals surface area contributed by atoms with Gasteiger partial charge in [-0.3, -0.25) is 19.0 Å². The molecule has 3 aliphatic rings. The molecular formula is C23H27F2N5O4. The van der Waals surface area contributed by atoms with Crippen molar-refractivity contribution < 1.29 is 23.5 Å². The van der Waals surface area contributed by atoms with E-state index in [1.165, 1.54) is 21.6 Å². The molecule has 2 aromatic rings. The average molecular weight is 475 g/mol. The van der Waals surface area contributed by atoms with Gasteiger partial charge >= 0.3 is 0 Å². The first-order valence-electron chi connectivity index (χ1n) is 11.5. The first-order chi connectivity index (χ1) is 16.0. The van der Waals surface area contributed by atoms with Crippen molar-refractivity contribution in [3.05, 3.63) is 33.3 Å². The van der Waals surface area contributed by atoms with E-state index in [2.05, 4.69) is 10.4 Å². The van der Waals surface area contributed by atoms with Gasteiger partial charge in [0.1, 0.15) is 5.65 Å². The van der Waals surface area contributed by atoms with Crippen molar-refractivity contribution in [2.24, 2.45) is 17.8 Å². The summed E-state index contributed by atoms with van der Waals surface area (Å²) >= 11 is 0. The number of hydrogen-bond acceptors (Lipinski definition) is 5. The summed E-state index contributed by atoms with van der Waals surface area (Å²) in [4.78, 5) is 40.0. The summed E-state index contributed by atoms with van der Waals surface area (Å²) < 4.78 is 29.4. The molecule has 0 spiro atoms. The smallest absolute Gasteiger partial charge is 0.270 e. The van der Waals surface area contributed by atoms with Crippen molar-refractivity contribution in [1.82, 2.24) is 24.4 Å². The second kappa shape index (κ2) is 7.64. The number of piperidine rings is 1. The Hall–Kier alpha value is -3.24. The van der Waals surface area contributed by atoms with E-state index < -0.39 is 41.0 Å². The molecule has 2 unspecified atom stereocenters. The van der Waals surface area contributed by atoms with Gasteiger partial charge < -0.3 is 15.3 Å². The van der Waals surface area contributed by atoms with Gasteiger partial charge in [-0.25, -0.2) is 8.78 Å². The van der Waals surface area contributed by atoms with E-state index in [4.69, 9.17) is 0 Å². The summed E-state index contributed by atoms with van der Waals surface area (Å²) in [5.74, 6) is -5.77. The zero-order chi connectivity index (χ0) is 24.5. The fourth-order valence-electron chi connectivity index (χ4n) is 4.73. The van der Waals surface area contributed by atoms with Crippen LogP contribution in [-0.2, 0) is 11.3 Å². The van der Waals surface area contributed by atoms with Crippen molar-refractivity contribution in [3.63, 3.8) is 0 Å². The van der Waals surface area contributed by atoms with Crippen LogP contribution in [0, 0.1) is 24.7 Å². The monoisotopic (exact) mass is 475 g/mol. The highest BCUT2D eigenvalue weighted by Crippen LogP contribution is 2.59. The number of fused-ring (bicyclic) bond motifs is 2. The highest BCUT2D eigenvalue weighted by molar-refractivity contribution is 5.97. The van der Waals surface area contributed by atoms with Crippen molar-refractivity contribution in [2.45, 2.75) is 52.1 Å². The maximum atomic E-state index is 13.5. The minimum absolute atomic E-state index is 0.000911. The Morgan fingerprint density at radius 3 is 2.50 bits per heavy atom. The van der Waals surface area contributed by atoms with Gasteiger partial charge in [-0.2, -0.15) is 9.61 Å². The van der Waals surface area contributed by atoms with Crippen LogP contribution < -0.4 is 10.9 Å². The number of amides is 2. The summed E-state index contributed by atoms with van der Waals surface area (Å²) in [5, 5.41) is 17.9. The van der Waals surface area contributed by atoms with E-state index in [9.17, 15) is 28.3 Å². The largest absolute Gasteiger partial charge is 0.492 e. The number of carbonyl (C=O) groups is 2. The molecule has 34 heavy (non-hydrogen) atoms. The molecule has 2 saturated carbocycles. The highest BCUT2D eigenvalue weighted by atomic mass is 19.3. The molecule has 0 radical (unpaired) electrons. The number of aromatic hydroxyl groups is 1. The molecule has 2 amide bonds. The van der Waals surface area contributed by atoms with Gasteiger partial charge in [0.2, 0.25) is 11.8 Å². The Labute approximate surface area is 194 Å². The Morgan fingerprint density at radius 1 is 1.26 bits per heavy atom. The summed E-state index contributed by atoms with van der Waals surface area (Å²) in [6, 6.07) is 0.000911. The van der Waals surface area contributed by atoms with Crippen LogP contribution in [0.5, 0.6) is 5.88 Å². The predicted molar refractivity (Wildman–Crippen MR) is 119 cm³/mol. The van der Waals surface area contributed by atoms with Crippen molar-refractivity contribution in [1.29, 1.82) is 0 Å². The number of hydrogen-bond donors (Lipinski definition) is 2. The molecule has 182 valence electrons. The number of alkyl halides is 2. The Morgan fingerprint density at radius 2 is 1.91 bits per heavy atom. The van der Waals surface area contributed by atoms with Crippen LogP contribution in [0.4, 0.5) is 8.78 Å². The third-order valence-electron chi connectivity index (χ3n) is 6.81. The molecule has 5 rings (SSSR count). The minimum Gasteiger partial charge on any atom is -0.492 e. The molecule has 0 aromatic carbocycles. The second-order valence-electron chi connectivity index (χ2n) is 9.95. The molecule has 2 N–H and O–H groups in total. The summed E-state index contributed by atoms with van der Waals surface area (Å²) in [6.07, 6.45) is 4.42. The van der Waals surface area contributed by atoms with Gasteiger partial charge in [0.05, 0.1) is 17.5 Å². The van der Waals surface area contributed by atoms with Crippen molar-refractivity contribution in [3.8, 4) is 5.88 Å². The first-order valence-corrected chi connectivity index (χ1v) is 11.5. The van der Waals surface area contributed by atoms with E-state index in [-0.39, 0.29) is 42.8 Å². The van der Waals surface area contributed by atoms with Gasteiger partial charge in [0.25, 0.3) is 17.4 Å². The normalized spacial score (nSPS) is 23.2. The number of aromatic nitrogens is 3. The fourth-order valence-corrected chi connectivity index (χ4v) is 4.73. The van der Waals surface area contributed by atoms with E-state index in [0.717, 1.165) is 17.4 Å². The van der Waals surface area contributed by atoms with Crippen LogP contribution in [0.15, 0.2) is 10.9 Å². The number of likely N-dealkylation sites (tertiary alicyclic amines) is 1. The Balaban J connectivity index is 1.53. The maximum absolute atomic E-state index is 13.5. The molecule has 3 fully saturated rings. The molecule has 0 bridgehead atoms. The maximum Gasteiger partial charge on any atom is 0.270 e. The number of halogens is 2. The number of nitrogens with one attached hydrogen (secondary N) is 1. The third-order valence-corrected chi connectivity index (χ3v) is 6.81. The zero-order valence-electron chi connectivity index (χ0n) is 19.2. The lowest BCUT2D eigenvalue weighted by molar-refractivity contribution is -0.126. The third kappa shape index (κ3) is 3.57. The predicted octanol–water partition coefficient (Wildman–Crippen LogP) is 1.79. The van der Waals surface area contributed by atoms with Crippen LogP contribution in [0.1, 0.15) is 48.3 Å². The molecule has 1 saturated heterocycles. The second-order valence-corrected chi connectivity index (χ2v) is 9.95. The molecule has 11 heteroatoms. The molecule has 3 heterocycles. The quantitative estimate of drug-likeness (QED) is 0.620. The number of aryl methyl sites for hydroxylation is 1. The summed E-state index contributed by atoms with van der Waals surface area (Å²) in [6.45, 7) is 5.79. The molecule has 2 aliphatic carbocycles. The van der Waals surface area contributed by atoms with Gasteiger partial charge in [0.15, 0.2) is 5.56 Å². The molecular weight excluding hydrogens is 448 g/mol. The highest BCUT2D eigenvalue weighted by Gasteiger charge is 2.72. The van der Waals surface area contributed by atoms with Gasteiger partial charge in [0, 0.05) is 37.3 Å². The van der Waals surface area contributed by atoms with E-state index in [1.807, 2.05) is 13.8 Å². The lowest BCUT2D eigenvalue weighted by Crippen LogP contribution is -2.36. The topological polar surface area (TPSA) is 109 Å². The van der Waals surface area contributed by atoms with Gasteiger partial charge in [-0.1, -0.05) is 13.8 Å². The van der Waals surface area contributed by atoms with E-state index in [0.29, 0.717) is 11.3 Å². The van der Waals surface area contributed by atoms with E-state index in [1.54, 1.807) is 6.92 Å². The molecule has 2 atom stereocenters. The Bertz CT molecular complexity index is 1280. The lowest BCUT2D eigenvalue weighted by atomic mass is 10.1. The minimum atomic E-state index is -2.67. The number of nitrogens with zero attached hydrogens (tertiary/aromatic N) is 4. The average Bonchev–Trinajstić information content (AvgIpc) is 3.51. The number of carbonyl (C=O) groups excluding carboxylic acids is 2. The van der Waals surface area contributed by atoms with Crippen LogP contribution in [0.2, 0.25) is 0 Å². The number of rotatable bonds is 6. The fraction of sp³-hybridized carbons (Fsp3) is 0.565. The Kier molecular flexibility index (Phi) is 5.07. The van der Waals surface area contributed by atoms with Crippen molar-refractivity contribution >= 4 is 23.5 Å². The van der Waals surface area contributed by atoms with Crippen LogP contribution in [0.3, 0.4) is 0 Å². The van der Waals surface area contributed by atoms with Crippen LogP contribution in [-0.4, -0.2) is 61.1 Å².